The molecule has 0 radical (unpaired) electrons. The molecule has 0 saturated carbocycles. The van der Waals surface area contributed by atoms with E-state index in [1.54, 1.807) is 23.1 Å². The van der Waals surface area contributed by atoms with E-state index in [-0.39, 0.29) is 23.8 Å². The van der Waals surface area contributed by atoms with Crippen molar-refractivity contribution in [3.63, 3.8) is 0 Å². The topological polar surface area (TPSA) is 81.9 Å². The number of amides is 1. The SMILES string of the molecule is CCCN1CC([N+](=O)[O-])C(c2ccc(OC)c(OC)c2)CC1=O. The molecule has 1 aromatic rings. The molecule has 0 N–H and O–H groups in total. The Balaban J connectivity index is 2.32. The lowest BCUT2D eigenvalue weighted by atomic mass is 9.85. The summed E-state index contributed by atoms with van der Waals surface area (Å²) in [6.07, 6.45) is 0.929. The van der Waals surface area contributed by atoms with Crippen LogP contribution in [0.4, 0.5) is 0 Å². The van der Waals surface area contributed by atoms with Crippen molar-refractivity contribution in [2.45, 2.75) is 31.7 Å². The quantitative estimate of drug-likeness (QED) is 0.591. The van der Waals surface area contributed by atoms with E-state index in [0.29, 0.717) is 18.0 Å². The number of hydrogen-bond acceptors (Lipinski definition) is 5. The minimum Gasteiger partial charge on any atom is -0.493 e. The van der Waals surface area contributed by atoms with E-state index in [0.717, 1.165) is 12.0 Å². The van der Waals surface area contributed by atoms with Gasteiger partial charge in [0.05, 0.1) is 26.7 Å². The molecular formula is C16H22N2O5. The smallest absolute Gasteiger partial charge is 0.237 e. The molecule has 7 heteroatoms. The fourth-order valence-corrected chi connectivity index (χ4v) is 3.03. The first-order chi connectivity index (χ1) is 11.0. The number of hydrogen-bond donors (Lipinski definition) is 0. The van der Waals surface area contributed by atoms with Gasteiger partial charge in [0.2, 0.25) is 11.9 Å². The number of nitro groups is 1. The van der Waals surface area contributed by atoms with Crippen molar-refractivity contribution in [3.8, 4) is 11.5 Å². The number of carbonyl (C=O) groups is 1. The lowest BCUT2D eigenvalue weighted by Gasteiger charge is -2.33. The number of ether oxygens (including phenoxy) is 2. The zero-order chi connectivity index (χ0) is 17.0. The number of rotatable bonds is 6. The fourth-order valence-electron chi connectivity index (χ4n) is 3.03. The highest BCUT2D eigenvalue weighted by Crippen LogP contribution is 2.36. The van der Waals surface area contributed by atoms with Crippen LogP contribution in [-0.2, 0) is 4.79 Å². The monoisotopic (exact) mass is 322 g/mol. The highest BCUT2D eigenvalue weighted by molar-refractivity contribution is 5.78. The summed E-state index contributed by atoms with van der Waals surface area (Å²) in [5.74, 6) is 0.578. The predicted octanol–water partition coefficient (Wildman–Crippen LogP) is 2.08. The van der Waals surface area contributed by atoms with Gasteiger partial charge in [-0.05, 0) is 24.1 Å². The molecule has 1 aliphatic rings. The van der Waals surface area contributed by atoms with Crippen molar-refractivity contribution in [2.75, 3.05) is 27.3 Å². The second-order valence-corrected chi connectivity index (χ2v) is 5.62. The largest absolute Gasteiger partial charge is 0.493 e. The van der Waals surface area contributed by atoms with E-state index in [1.165, 1.54) is 14.2 Å². The number of likely N-dealkylation sites (tertiary alicyclic amines) is 1. The van der Waals surface area contributed by atoms with Crippen LogP contribution >= 0.6 is 0 Å². The van der Waals surface area contributed by atoms with E-state index in [9.17, 15) is 14.9 Å². The molecule has 1 aromatic carbocycles. The Morgan fingerprint density at radius 2 is 2.00 bits per heavy atom. The first-order valence-corrected chi connectivity index (χ1v) is 7.65. The van der Waals surface area contributed by atoms with Gasteiger partial charge in [-0.2, -0.15) is 0 Å². The molecule has 23 heavy (non-hydrogen) atoms. The van der Waals surface area contributed by atoms with E-state index in [4.69, 9.17) is 9.47 Å². The summed E-state index contributed by atoms with van der Waals surface area (Å²) in [6.45, 7) is 2.66. The summed E-state index contributed by atoms with van der Waals surface area (Å²) in [4.78, 5) is 25.1. The molecule has 2 rings (SSSR count). The Morgan fingerprint density at radius 3 is 2.57 bits per heavy atom. The van der Waals surface area contributed by atoms with Crippen LogP contribution < -0.4 is 9.47 Å². The molecule has 0 aromatic heterocycles. The lowest BCUT2D eigenvalue weighted by molar-refractivity contribution is -0.528. The molecular weight excluding hydrogens is 300 g/mol. The van der Waals surface area contributed by atoms with Gasteiger partial charge in [-0.3, -0.25) is 14.9 Å². The molecule has 2 unspecified atom stereocenters. The van der Waals surface area contributed by atoms with Crippen LogP contribution in [0, 0.1) is 10.1 Å². The third-order valence-electron chi connectivity index (χ3n) is 4.22. The summed E-state index contributed by atoms with van der Waals surface area (Å²) >= 11 is 0. The minimum atomic E-state index is -0.808. The number of methoxy groups -OCH3 is 2. The third kappa shape index (κ3) is 3.55. The van der Waals surface area contributed by atoms with Crippen LogP contribution in [0.15, 0.2) is 18.2 Å². The van der Waals surface area contributed by atoms with Crippen molar-refractivity contribution in [3.05, 3.63) is 33.9 Å². The van der Waals surface area contributed by atoms with Gasteiger partial charge in [-0.15, -0.1) is 0 Å². The summed E-state index contributed by atoms with van der Waals surface area (Å²) in [6, 6.07) is 4.40. The highest BCUT2D eigenvalue weighted by atomic mass is 16.6. The highest BCUT2D eigenvalue weighted by Gasteiger charge is 2.42. The molecule has 1 aliphatic heterocycles. The molecule has 0 bridgehead atoms. The number of benzene rings is 1. The maximum atomic E-state index is 12.3. The lowest BCUT2D eigenvalue weighted by Crippen LogP contribution is -2.49. The molecule has 0 aliphatic carbocycles. The number of nitrogens with zero attached hydrogens (tertiary/aromatic N) is 2. The molecule has 1 amide bonds. The van der Waals surface area contributed by atoms with Crippen molar-refractivity contribution in [1.29, 1.82) is 0 Å². The zero-order valence-electron chi connectivity index (χ0n) is 13.7. The first-order valence-electron chi connectivity index (χ1n) is 7.65. The number of carbonyl (C=O) groups excluding carboxylic acids is 1. The molecule has 1 saturated heterocycles. The number of piperidine rings is 1. The second kappa shape index (κ2) is 7.30. The van der Waals surface area contributed by atoms with Crippen LogP contribution in [0.2, 0.25) is 0 Å². The van der Waals surface area contributed by atoms with Gasteiger partial charge < -0.3 is 14.4 Å². The minimum absolute atomic E-state index is 0.0373. The van der Waals surface area contributed by atoms with Gasteiger partial charge in [0, 0.05) is 17.9 Å². The van der Waals surface area contributed by atoms with Crippen molar-refractivity contribution in [2.24, 2.45) is 0 Å². The average Bonchev–Trinajstić information content (AvgIpc) is 2.55. The fraction of sp³-hybridized carbons (Fsp3) is 0.562. The van der Waals surface area contributed by atoms with Gasteiger partial charge in [0.1, 0.15) is 0 Å². The van der Waals surface area contributed by atoms with Crippen LogP contribution in [0.3, 0.4) is 0 Å². The van der Waals surface area contributed by atoms with Crippen LogP contribution in [0.25, 0.3) is 0 Å². The summed E-state index contributed by atoms with van der Waals surface area (Å²) < 4.78 is 10.4. The third-order valence-corrected chi connectivity index (χ3v) is 4.22. The average molecular weight is 322 g/mol. The molecule has 126 valence electrons. The van der Waals surface area contributed by atoms with Gasteiger partial charge in [0.15, 0.2) is 11.5 Å². The molecule has 7 nitrogen and oxygen atoms in total. The normalized spacial score (nSPS) is 21.2. The molecule has 2 atom stereocenters. The zero-order valence-corrected chi connectivity index (χ0v) is 13.7. The molecule has 1 heterocycles. The maximum Gasteiger partial charge on any atom is 0.237 e. The van der Waals surface area contributed by atoms with Crippen LogP contribution in [0.5, 0.6) is 11.5 Å². The van der Waals surface area contributed by atoms with Gasteiger partial charge in [-0.1, -0.05) is 13.0 Å². The van der Waals surface area contributed by atoms with E-state index in [2.05, 4.69) is 0 Å². The second-order valence-electron chi connectivity index (χ2n) is 5.62. The van der Waals surface area contributed by atoms with Crippen LogP contribution in [-0.4, -0.2) is 49.1 Å². The van der Waals surface area contributed by atoms with Crippen molar-refractivity contribution in [1.82, 2.24) is 4.90 Å². The van der Waals surface area contributed by atoms with Crippen molar-refractivity contribution < 1.29 is 19.2 Å². The Kier molecular flexibility index (Phi) is 5.41. The molecule has 0 spiro atoms. The van der Waals surface area contributed by atoms with Crippen molar-refractivity contribution >= 4 is 5.91 Å². The Hall–Kier alpha value is -2.31. The Labute approximate surface area is 135 Å². The summed E-state index contributed by atoms with van der Waals surface area (Å²) in [5.41, 5.74) is 0.730. The van der Waals surface area contributed by atoms with Crippen LogP contribution in [0.1, 0.15) is 31.2 Å². The summed E-state index contributed by atoms with van der Waals surface area (Å²) in [5, 5.41) is 11.5. The first kappa shape index (κ1) is 17.1. The maximum absolute atomic E-state index is 12.3. The van der Waals surface area contributed by atoms with Gasteiger partial charge >= 0.3 is 0 Å². The van der Waals surface area contributed by atoms with E-state index in [1.807, 2.05) is 6.92 Å². The standard InChI is InChI=1S/C16H22N2O5/c1-4-7-17-10-13(18(20)21)12(9-16(17)19)11-5-6-14(22-2)15(8-11)23-3/h5-6,8,12-13H,4,7,9-10H2,1-3H3. The van der Waals surface area contributed by atoms with E-state index >= 15 is 0 Å². The van der Waals surface area contributed by atoms with Gasteiger partial charge in [0.25, 0.3) is 0 Å². The Morgan fingerprint density at radius 1 is 1.30 bits per heavy atom. The molecule has 1 fully saturated rings. The van der Waals surface area contributed by atoms with E-state index < -0.39 is 12.0 Å². The summed E-state index contributed by atoms with van der Waals surface area (Å²) in [7, 11) is 3.05. The Bertz CT molecular complexity index is 590. The predicted molar refractivity (Wildman–Crippen MR) is 84.6 cm³/mol. The van der Waals surface area contributed by atoms with Gasteiger partial charge in [-0.25, -0.2) is 0 Å².